The van der Waals surface area contributed by atoms with Crippen LogP contribution in [0.25, 0.3) is 0 Å². The fourth-order valence-corrected chi connectivity index (χ4v) is 2.37. The molecule has 2 aromatic carbocycles. The molecule has 0 aliphatic rings. The van der Waals surface area contributed by atoms with Crippen LogP contribution in [0.4, 0.5) is 4.39 Å². The smallest absolute Gasteiger partial charge is 0.123 e. The maximum Gasteiger partial charge on any atom is 0.123 e. The Morgan fingerprint density at radius 3 is 2.50 bits per heavy atom. The van der Waals surface area contributed by atoms with Crippen molar-refractivity contribution in [2.75, 3.05) is 0 Å². The lowest BCUT2D eigenvalue weighted by Gasteiger charge is -2.21. The standard InChI is InChI=1S/C17H20FNO/c1-11-5-4-6-14(9-11)12(2)19-13(3)16-10-15(18)7-8-17(16)20/h4-10,12-13,19-20H,1-3H3/t12-,13?/m1/s1. The van der Waals surface area contributed by atoms with Crippen molar-refractivity contribution < 1.29 is 9.50 Å². The number of halogens is 1. The Hall–Kier alpha value is -1.87. The molecular formula is C17H20FNO. The largest absolute Gasteiger partial charge is 0.508 e. The van der Waals surface area contributed by atoms with Crippen LogP contribution < -0.4 is 5.32 Å². The lowest BCUT2D eigenvalue weighted by Crippen LogP contribution is -2.22. The molecule has 0 fully saturated rings. The molecule has 0 saturated carbocycles. The van der Waals surface area contributed by atoms with Crippen molar-refractivity contribution in [2.24, 2.45) is 0 Å². The van der Waals surface area contributed by atoms with Crippen molar-refractivity contribution in [1.82, 2.24) is 5.32 Å². The van der Waals surface area contributed by atoms with Gasteiger partial charge in [0.1, 0.15) is 11.6 Å². The average molecular weight is 273 g/mol. The number of hydrogen-bond donors (Lipinski definition) is 2. The lowest BCUT2D eigenvalue weighted by atomic mass is 10.0. The Labute approximate surface area is 119 Å². The monoisotopic (exact) mass is 273 g/mol. The summed E-state index contributed by atoms with van der Waals surface area (Å²) in [5, 5.41) is 13.2. The van der Waals surface area contributed by atoms with E-state index in [1.165, 1.54) is 29.3 Å². The van der Waals surface area contributed by atoms with Crippen LogP contribution in [0, 0.1) is 12.7 Å². The number of nitrogens with one attached hydrogen (secondary N) is 1. The molecule has 2 nitrogen and oxygen atoms in total. The van der Waals surface area contributed by atoms with Crippen molar-refractivity contribution >= 4 is 0 Å². The number of phenolic OH excluding ortho intramolecular Hbond substituents is 1. The summed E-state index contributed by atoms with van der Waals surface area (Å²) in [7, 11) is 0. The maximum atomic E-state index is 13.3. The third kappa shape index (κ3) is 3.36. The van der Waals surface area contributed by atoms with E-state index in [1.807, 2.05) is 13.0 Å². The Balaban J connectivity index is 2.15. The van der Waals surface area contributed by atoms with E-state index in [2.05, 4.69) is 37.4 Å². The third-order valence-corrected chi connectivity index (χ3v) is 3.50. The van der Waals surface area contributed by atoms with Gasteiger partial charge in [0, 0.05) is 17.6 Å². The van der Waals surface area contributed by atoms with Crippen molar-refractivity contribution in [3.8, 4) is 5.75 Å². The van der Waals surface area contributed by atoms with Crippen LogP contribution in [-0.4, -0.2) is 5.11 Å². The summed E-state index contributed by atoms with van der Waals surface area (Å²) < 4.78 is 13.3. The van der Waals surface area contributed by atoms with Crippen LogP contribution in [0.3, 0.4) is 0 Å². The number of aryl methyl sites for hydroxylation is 1. The van der Waals surface area contributed by atoms with E-state index in [1.54, 1.807) is 0 Å². The topological polar surface area (TPSA) is 32.3 Å². The van der Waals surface area contributed by atoms with Gasteiger partial charge in [0.2, 0.25) is 0 Å². The first-order valence-electron chi connectivity index (χ1n) is 6.78. The molecule has 2 rings (SSSR count). The van der Waals surface area contributed by atoms with Crippen LogP contribution in [0.2, 0.25) is 0 Å². The van der Waals surface area contributed by atoms with Crippen LogP contribution in [0.1, 0.15) is 42.6 Å². The fraction of sp³-hybridized carbons (Fsp3) is 0.294. The number of phenols is 1. The molecule has 0 aromatic heterocycles. The molecule has 2 atom stereocenters. The lowest BCUT2D eigenvalue weighted by molar-refractivity contribution is 0.435. The van der Waals surface area contributed by atoms with E-state index in [9.17, 15) is 9.50 Å². The highest BCUT2D eigenvalue weighted by Crippen LogP contribution is 2.27. The molecular weight excluding hydrogens is 253 g/mol. The number of aromatic hydroxyl groups is 1. The molecule has 1 unspecified atom stereocenters. The van der Waals surface area contributed by atoms with Crippen LogP contribution in [0.5, 0.6) is 5.75 Å². The first kappa shape index (κ1) is 14.5. The highest BCUT2D eigenvalue weighted by Gasteiger charge is 2.15. The van der Waals surface area contributed by atoms with Gasteiger partial charge in [-0.05, 0) is 44.5 Å². The Bertz CT molecular complexity index is 597. The zero-order valence-electron chi connectivity index (χ0n) is 12.0. The van der Waals surface area contributed by atoms with Crippen LogP contribution in [-0.2, 0) is 0 Å². The fourth-order valence-electron chi connectivity index (χ4n) is 2.37. The van der Waals surface area contributed by atoms with Gasteiger partial charge < -0.3 is 10.4 Å². The zero-order chi connectivity index (χ0) is 14.7. The molecule has 3 heteroatoms. The van der Waals surface area contributed by atoms with Gasteiger partial charge in [0.05, 0.1) is 0 Å². The molecule has 0 spiro atoms. The molecule has 106 valence electrons. The van der Waals surface area contributed by atoms with E-state index >= 15 is 0 Å². The molecule has 2 N–H and O–H groups in total. The summed E-state index contributed by atoms with van der Waals surface area (Å²) in [6.07, 6.45) is 0. The highest BCUT2D eigenvalue weighted by atomic mass is 19.1. The molecule has 0 heterocycles. The van der Waals surface area contributed by atoms with Crippen molar-refractivity contribution in [1.29, 1.82) is 0 Å². The minimum atomic E-state index is -0.338. The van der Waals surface area contributed by atoms with Crippen molar-refractivity contribution in [3.63, 3.8) is 0 Å². The van der Waals surface area contributed by atoms with Gasteiger partial charge in [0.15, 0.2) is 0 Å². The summed E-state index contributed by atoms with van der Waals surface area (Å²) in [6, 6.07) is 12.3. The SMILES string of the molecule is Cc1cccc([C@@H](C)NC(C)c2cc(F)ccc2O)c1. The summed E-state index contributed by atoms with van der Waals surface area (Å²) in [5.74, 6) is -0.225. The molecule has 20 heavy (non-hydrogen) atoms. The molecule has 0 amide bonds. The second-order valence-electron chi connectivity index (χ2n) is 5.23. The summed E-state index contributed by atoms with van der Waals surface area (Å²) in [6.45, 7) is 6.03. The zero-order valence-corrected chi connectivity index (χ0v) is 12.0. The number of hydrogen-bond acceptors (Lipinski definition) is 2. The van der Waals surface area contributed by atoms with Gasteiger partial charge >= 0.3 is 0 Å². The number of rotatable bonds is 4. The number of benzene rings is 2. The summed E-state index contributed by atoms with van der Waals surface area (Å²) >= 11 is 0. The second-order valence-corrected chi connectivity index (χ2v) is 5.23. The van der Waals surface area contributed by atoms with Gasteiger partial charge in [0.25, 0.3) is 0 Å². The van der Waals surface area contributed by atoms with Gasteiger partial charge in [-0.2, -0.15) is 0 Å². The normalized spacial score (nSPS) is 14.0. The molecule has 2 aromatic rings. The van der Waals surface area contributed by atoms with Crippen LogP contribution in [0.15, 0.2) is 42.5 Å². The molecule has 0 aliphatic heterocycles. The molecule has 0 bridgehead atoms. The van der Waals surface area contributed by atoms with Crippen LogP contribution >= 0.6 is 0 Å². The van der Waals surface area contributed by atoms with Gasteiger partial charge in [-0.15, -0.1) is 0 Å². The summed E-state index contributed by atoms with van der Waals surface area (Å²) in [5.41, 5.74) is 2.95. The minimum absolute atomic E-state index is 0.114. The van der Waals surface area contributed by atoms with E-state index < -0.39 is 0 Å². The Morgan fingerprint density at radius 2 is 1.80 bits per heavy atom. The second kappa shape index (κ2) is 6.06. The highest BCUT2D eigenvalue weighted by molar-refractivity contribution is 5.35. The van der Waals surface area contributed by atoms with Crippen molar-refractivity contribution in [3.05, 3.63) is 65.0 Å². The predicted octanol–water partition coefficient (Wildman–Crippen LogP) is 4.25. The van der Waals surface area contributed by atoms with E-state index in [0.717, 1.165) is 0 Å². The molecule has 0 aliphatic carbocycles. The maximum absolute atomic E-state index is 13.3. The third-order valence-electron chi connectivity index (χ3n) is 3.50. The minimum Gasteiger partial charge on any atom is -0.508 e. The van der Waals surface area contributed by atoms with E-state index in [-0.39, 0.29) is 23.7 Å². The van der Waals surface area contributed by atoms with Gasteiger partial charge in [-0.25, -0.2) is 4.39 Å². The molecule has 0 radical (unpaired) electrons. The quantitative estimate of drug-likeness (QED) is 0.872. The van der Waals surface area contributed by atoms with Gasteiger partial charge in [-0.1, -0.05) is 29.8 Å². The summed E-state index contributed by atoms with van der Waals surface area (Å²) in [4.78, 5) is 0. The van der Waals surface area contributed by atoms with Gasteiger partial charge in [-0.3, -0.25) is 0 Å². The van der Waals surface area contributed by atoms with E-state index in [0.29, 0.717) is 5.56 Å². The Kier molecular flexibility index (Phi) is 4.40. The predicted molar refractivity (Wildman–Crippen MR) is 79.2 cm³/mol. The molecule has 0 saturated heterocycles. The van der Waals surface area contributed by atoms with E-state index in [4.69, 9.17) is 0 Å². The average Bonchev–Trinajstić information content (AvgIpc) is 2.41. The van der Waals surface area contributed by atoms with Crippen molar-refractivity contribution in [2.45, 2.75) is 32.9 Å². The Morgan fingerprint density at radius 1 is 1.05 bits per heavy atom. The first-order chi connectivity index (χ1) is 9.47. The first-order valence-corrected chi connectivity index (χ1v) is 6.78.